The molecule has 0 bridgehead atoms. The summed E-state index contributed by atoms with van der Waals surface area (Å²) in [6.45, 7) is 4.07. The SMILES string of the molecule is CCOC(=O)/N=c1\scc(C)n1-c1ccccc1. The standard InChI is InChI=1S/C13H14N2O2S/c1-3-17-13(16)14-12-15(10(2)9-18-12)11-7-5-4-6-8-11/h4-9H,3H2,1-2H3/b14-12-. The van der Waals surface area contributed by atoms with E-state index in [0.29, 0.717) is 11.4 Å². The number of hydrogen-bond donors (Lipinski definition) is 0. The summed E-state index contributed by atoms with van der Waals surface area (Å²) in [5.41, 5.74) is 2.02. The van der Waals surface area contributed by atoms with Crippen molar-refractivity contribution < 1.29 is 9.53 Å². The molecule has 0 saturated carbocycles. The molecule has 0 aliphatic heterocycles. The molecule has 0 atom stereocenters. The van der Waals surface area contributed by atoms with E-state index in [0.717, 1.165) is 11.4 Å². The third-order valence-corrected chi connectivity index (χ3v) is 3.29. The number of carbonyl (C=O) groups excluding carboxylic acids is 1. The van der Waals surface area contributed by atoms with Crippen molar-refractivity contribution in [2.75, 3.05) is 6.61 Å². The van der Waals surface area contributed by atoms with Gasteiger partial charge >= 0.3 is 6.09 Å². The molecule has 1 aromatic heterocycles. The summed E-state index contributed by atoms with van der Waals surface area (Å²) in [6, 6.07) is 9.81. The van der Waals surface area contributed by atoms with Crippen LogP contribution in [0.1, 0.15) is 12.6 Å². The third kappa shape index (κ3) is 2.68. The Morgan fingerprint density at radius 1 is 1.39 bits per heavy atom. The maximum absolute atomic E-state index is 11.4. The summed E-state index contributed by atoms with van der Waals surface area (Å²) in [7, 11) is 0. The van der Waals surface area contributed by atoms with E-state index < -0.39 is 6.09 Å². The Morgan fingerprint density at radius 3 is 2.78 bits per heavy atom. The van der Waals surface area contributed by atoms with Crippen LogP contribution in [0, 0.1) is 6.92 Å². The Hall–Kier alpha value is -1.88. The second-order valence-corrected chi connectivity index (χ2v) is 4.48. The van der Waals surface area contributed by atoms with E-state index in [-0.39, 0.29) is 0 Å². The molecule has 18 heavy (non-hydrogen) atoms. The molecule has 2 aromatic rings. The van der Waals surface area contributed by atoms with Gasteiger partial charge in [-0.3, -0.25) is 4.57 Å². The fraction of sp³-hybridized carbons (Fsp3) is 0.231. The zero-order valence-corrected chi connectivity index (χ0v) is 11.1. The van der Waals surface area contributed by atoms with Gasteiger partial charge in [0.25, 0.3) is 0 Å². The van der Waals surface area contributed by atoms with Crippen LogP contribution in [0.5, 0.6) is 0 Å². The maximum atomic E-state index is 11.4. The van der Waals surface area contributed by atoms with Crippen molar-refractivity contribution in [3.05, 3.63) is 46.2 Å². The second-order valence-electron chi connectivity index (χ2n) is 3.64. The first-order valence-corrected chi connectivity index (χ1v) is 6.54. The Balaban J connectivity index is 2.49. The van der Waals surface area contributed by atoms with Crippen LogP contribution in [0.25, 0.3) is 5.69 Å². The van der Waals surface area contributed by atoms with Crippen molar-refractivity contribution in [2.45, 2.75) is 13.8 Å². The quantitative estimate of drug-likeness (QED) is 0.835. The number of amides is 1. The van der Waals surface area contributed by atoms with E-state index in [1.165, 1.54) is 11.3 Å². The van der Waals surface area contributed by atoms with Crippen LogP contribution < -0.4 is 4.80 Å². The largest absolute Gasteiger partial charge is 0.448 e. The number of aryl methyl sites for hydroxylation is 1. The van der Waals surface area contributed by atoms with Gasteiger partial charge in [0.2, 0.25) is 4.80 Å². The van der Waals surface area contributed by atoms with E-state index in [9.17, 15) is 4.79 Å². The minimum atomic E-state index is -0.552. The van der Waals surface area contributed by atoms with E-state index in [2.05, 4.69) is 4.99 Å². The molecule has 1 heterocycles. The molecule has 0 N–H and O–H groups in total. The average Bonchev–Trinajstić information content (AvgIpc) is 2.72. The van der Waals surface area contributed by atoms with Gasteiger partial charge in [0, 0.05) is 16.8 Å². The Morgan fingerprint density at radius 2 is 2.11 bits per heavy atom. The maximum Gasteiger partial charge on any atom is 0.436 e. The number of nitrogens with zero attached hydrogens (tertiary/aromatic N) is 2. The number of para-hydroxylation sites is 1. The molecule has 0 fully saturated rings. The summed E-state index contributed by atoms with van der Waals surface area (Å²) >= 11 is 1.42. The molecule has 1 aromatic carbocycles. The predicted molar refractivity (Wildman–Crippen MR) is 71.0 cm³/mol. The molecule has 94 valence electrons. The molecular weight excluding hydrogens is 248 g/mol. The first-order chi connectivity index (χ1) is 8.72. The van der Waals surface area contributed by atoms with Gasteiger partial charge in [-0.05, 0) is 26.0 Å². The Labute approximate surface area is 109 Å². The number of thiazole rings is 1. The lowest BCUT2D eigenvalue weighted by molar-refractivity contribution is 0.162. The van der Waals surface area contributed by atoms with Crippen LogP contribution in [0.2, 0.25) is 0 Å². The number of hydrogen-bond acceptors (Lipinski definition) is 3. The van der Waals surface area contributed by atoms with Crippen LogP contribution in [-0.4, -0.2) is 17.3 Å². The monoisotopic (exact) mass is 262 g/mol. The molecule has 0 unspecified atom stereocenters. The van der Waals surface area contributed by atoms with Gasteiger partial charge in [-0.2, -0.15) is 0 Å². The van der Waals surface area contributed by atoms with E-state index >= 15 is 0 Å². The zero-order chi connectivity index (χ0) is 13.0. The van der Waals surface area contributed by atoms with Crippen molar-refractivity contribution in [2.24, 2.45) is 4.99 Å². The van der Waals surface area contributed by atoms with Gasteiger partial charge in [0.1, 0.15) is 0 Å². The van der Waals surface area contributed by atoms with Crippen LogP contribution in [0.15, 0.2) is 40.7 Å². The minimum absolute atomic E-state index is 0.331. The van der Waals surface area contributed by atoms with Crippen LogP contribution in [-0.2, 0) is 4.74 Å². The molecule has 0 aliphatic carbocycles. The predicted octanol–water partition coefficient (Wildman–Crippen LogP) is 2.90. The highest BCUT2D eigenvalue weighted by Gasteiger charge is 2.05. The molecule has 0 saturated heterocycles. The second kappa shape index (κ2) is 5.64. The van der Waals surface area contributed by atoms with Crippen molar-refractivity contribution >= 4 is 17.4 Å². The lowest BCUT2D eigenvalue weighted by atomic mass is 10.3. The number of ether oxygens (including phenoxy) is 1. The molecule has 5 heteroatoms. The van der Waals surface area contributed by atoms with E-state index in [1.807, 2.05) is 47.2 Å². The highest BCUT2D eigenvalue weighted by atomic mass is 32.1. The minimum Gasteiger partial charge on any atom is -0.448 e. The van der Waals surface area contributed by atoms with Gasteiger partial charge in [0.05, 0.1) is 6.61 Å². The normalized spacial score (nSPS) is 11.6. The van der Waals surface area contributed by atoms with Gasteiger partial charge in [-0.15, -0.1) is 16.3 Å². The fourth-order valence-corrected chi connectivity index (χ4v) is 2.46. The van der Waals surface area contributed by atoms with Crippen LogP contribution in [0.3, 0.4) is 0 Å². The average molecular weight is 262 g/mol. The number of aromatic nitrogens is 1. The molecule has 2 rings (SSSR count). The number of rotatable bonds is 2. The van der Waals surface area contributed by atoms with Crippen LogP contribution in [0.4, 0.5) is 4.79 Å². The van der Waals surface area contributed by atoms with E-state index in [1.54, 1.807) is 6.92 Å². The molecule has 0 spiro atoms. The van der Waals surface area contributed by atoms with Crippen molar-refractivity contribution in [1.82, 2.24) is 4.57 Å². The first-order valence-electron chi connectivity index (χ1n) is 5.66. The number of carbonyl (C=O) groups is 1. The topological polar surface area (TPSA) is 43.6 Å². The van der Waals surface area contributed by atoms with Crippen LogP contribution >= 0.6 is 11.3 Å². The molecule has 0 aliphatic rings. The van der Waals surface area contributed by atoms with Gasteiger partial charge in [-0.1, -0.05) is 18.2 Å². The molecule has 1 amide bonds. The first kappa shape index (κ1) is 12.6. The number of benzene rings is 1. The molecule has 0 radical (unpaired) electrons. The lowest BCUT2D eigenvalue weighted by Gasteiger charge is -2.04. The summed E-state index contributed by atoms with van der Waals surface area (Å²) in [5.74, 6) is 0. The van der Waals surface area contributed by atoms with Gasteiger partial charge in [-0.25, -0.2) is 4.79 Å². The van der Waals surface area contributed by atoms with Crippen molar-refractivity contribution in [3.8, 4) is 5.69 Å². The summed E-state index contributed by atoms with van der Waals surface area (Å²) in [5, 5.41) is 1.96. The highest BCUT2D eigenvalue weighted by Crippen LogP contribution is 2.10. The third-order valence-electron chi connectivity index (χ3n) is 2.35. The Kier molecular flexibility index (Phi) is 3.94. The zero-order valence-electron chi connectivity index (χ0n) is 10.3. The van der Waals surface area contributed by atoms with Gasteiger partial charge in [0.15, 0.2) is 0 Å². The summed E-state index contributed by atoms with van der Waals surface area (Å²) in [6.07, 6.45) is -0.552. The van der Waals surface area contributed by atoms with Gasteiger partial charge < -0.3 is 4.74 Å². The molecular formula is C13H14N2O2S. The summed E-state index contributed by atoms with van der Waals surface area (Å²) < 4.78 is 6.77. The lowest BCUT2D eigenvalue weighted by Crippen LogP contribution is -2.16. The van der Waals surface area contributed by atoms with Crippen molar-refractivity contribution in [3.63, 3.8) is 0 Å². The van der Waals surface area contributed by atoms with E-state index in [4.69, 9.17) is 4.74 Å². The smallest absolute Gasteiger partial charge is 0.436 e. The highest BCUT2D eigenvalue weighted by molar-refractivity contribution is 7.07. The molecule has 4 nitrogen and oxygen atoms in total. The summed E-state index contributed by atoms with van der Waals surface area (Å²) in [4.78, 5) is 16.0. The Bertz CT molecular complexity index is 599. The van der Waals surface area contributed by atoms with Crippen molar-refractivity contribution in [1.29, 1.82) is 0 Å². The fourth-order valence-electron chi connectivity index (χ4n) is 1.60.